The molecule has 0 spiro atoms. The standard InChI is InChI=1S/C22H33Cl3O4Si/c1-3-5-7-8-9-11-22(30(23,24)25)29-19-14-12-18(13-15-21(26)27)17-20(19)28-16-10-6-4-2/h12-15,17,22H,3-11,16H2,1-2H3,(H,26,27)/b15-13+. The summed E-state index contributed by atoms with van der Waals surface area (Å²) in [7, 11) is 0. The van der Waals surface area contributed by atoms with Gasteiger partial charge in [0, 0.05) is 6.08 Å². The zero-order chi connectivity index (χ0) is 22.4. The first-order valence-electron chi connectivity index (χ1n) is 10.7. The molecule has 1 aromatic rings. The van der Waals surface area contributed by atoms with E-state index in [-0.39, 0.29) is 0 Å². The second kappa shape index (κ2) is 15.0. The van der Waals surface area contributed by atoms with Crippen LogP contribution in [0.1, 0.15) is 77.2 Å². The van der Waals surface area contributed by atoms with Crippen molar-refractivity contribution >= 4 is 51.3 Å². The number of carbonyl (C=O) groups is 1. The lowest BCUT2D eigenvalue weighted by Gasteiger charge is -2.25. The molecule has 4 nitrogen and oxygen atoms in total. The number of carboxylic acids is 1. The summed E-state index contributed by atoms with van der Waals surface area (Å²) in [6, 6.07) is 2.19. The fourth-order valence-electron chi connectivity index (χ4n) is 2.92. The minimum Gasteiger partial charge on any atom is -0.490 e. The molecule has 1 rings (SSSR count). The van der Waals surface area contributed by atoms with Crippen LogP contribution in [0.15, 0.2) is 24.3 Å². The van der Waals surface area contributed by atoms with Crippen LogP contribution in [0, 0.1) is 0 Å². The number of carboxylic acid groups (broad SMARTS) is 1. The van der Waals surface area contributed by atoms with E-state index in [1.807, 2.05) is 0 Å². The monoisotopic (exact) mass is 494 g/mol. The average molecular weight is 496 g/mol. The quantitative estimate of drug-likeness (QED) is 0.111. The van der Waals surface area contributed by atoms with Crippen molar-refractivity contribution in [3.8, 4) is 11.5 Å². The summed E-state index contributed by atoms with van der Waals surface area (Å²) in [5, 5.41) is 8.86. The van der Waals surface area contributed by atoms with E-state index in [9.17, 15) is 4.79 Å². The van der Waals surface area contributed by atoms with Gasteiger partial charge >= 0.3 is 12.0 Å². The number of aliphatic carboxylic acids is 1. The van der Waals surface area contributed by atoms with Crippen LogP contribution in [0.25, 0.3) is 6.08 Å². The van der Waals surface area contributed by atoms with Crippen molar-refractivity contribution < 1.29 is 19.4 Å². The van der Waals surface area contributed by atoms with E-state index in [1.54, 1.807) is 18.2 Å². The summed E-state index contributed by atoms with van der Waals surface area (Å²) >= 11 is 19.0. The number of rotatable bonds is 16. The summed E-state index contributed by atoms with van der Waals surface area (Å²) < 4.78 is 12.1. The molecule has 170 valence electrons. The van der Waals surface area contributed by atoms with Gasteiger partial charge in [-0.3, -0.25) is 0 Å². The van der Waals surface area contributed by atoms with Gasteiger partial charge in [-0.25, -0.2) is 4.79 Å². The fraction of sp³-hybridized carbons (Fsp3) is 0.591. The number of ether oxygens (including phenoxy) is 2. The highest BCUT2D eigenvalue weighted by atomic mass is 35.8. The smallest absolute Gasteiger partial charge is 0.381 e. The summed E-state index contributed by atoms with van der Waals surface area (Å²) in [5.41, 5.74) is 0.236. The van der Waals surface area contributed by atoms with Gasteiger partial charge in [0.15, 0.2) is 11.5 Å². The molecule has 0 aliphatic rings. The minimum atomic E-state index is -3.10. The molecule has 1 atom stereocenters. The van der Waals surface area contributed by atoms with Crippen LogP contribution in [0.3, 0.4) is 0 Å². The van der Waals surface area contributed by atoms with Crippen molar-refractivity contribution in [3.63, 3.8) is 0 Å². The van der Waals surface area contributed by atoms with Crippen molar-refractivity contribution in [1.82, 2.24) is 0 Å². The average Bonchev–Trinajstić information content (AvgIpc) is 2.68. The molecule has 1 N–H and O–H groups in total. The molecule has 8 heteroatoms. The molecule has 0 aliphatic heterocycles. The second-order valence-corrected chi connectivity index (χ2v) is 16.1. The highest BCUT2D eigenvalue weighted by molar-refractivity contribution is 7.65. The summed E-state index contributed by atoms with van der Waals surface area (Å²) in [6.07, 6.45) is 11.9. The predicted octanol–water partition coefficient (Wildman–Crippen LogP) is 7.66. The highest BCUT2D eigenvalue weighted by Gasteiger charge is 2.39. The first kappa shape index (κ1) is 27.2. The lowest BCUT2D eigenvalue weighted by molar-refractivity contribution is -0.131. The number of halogens is 3. The van der Waals surface area contributed by atoms with E-state index in [2.05, 4.69) is 13.8 Å². The molecule has 0 saturated carbocycles. The molecule has 0 aromatic heterocycles. The normalized spacial score (nSPS) is 12.8. The number of unbranched alkanes of at least 4 members (excludes halogenated alkanes) is 6. The van der Waals surface area contributed by atoms with E-state index in [1.165, 1.54) is 25.3 Å². The Hall–Kier alpha value is -0.883. The van der Waals surface area contributed by atoms with Crippen LogP contribution in [0.2, 0.25) is 0 Å². The topological polar surface area (TPSA) is 55.8 Å². The first-order valence-corrected chi connectivity index (χ1v) is 15.8. The largest absolute Gasteiger partial charge is 0.490 e. The molecule has 1 aromatic carbocycles. The summed E-state index contributed by atoms with van der Waals surface area (Å²) in [4.78, 5) is 10.8. The van der Waals surface area contributed by atoms with Gasteiger partial charge in [-0.15, -0.1) is 33.2 Å². The van der Waals surface area contributed by atoms with Gasteiger partial charge in [-0.1, -0.05) is 58.4 Å². The number of hydrogen-bond donors (Lipinski definition) is 1. The second-order valence-electron chi connectivity index (χ2n) is 7.28. The minimum absolute atomic E-state index is 0.470. The third kappa shape index (κ3) is 11.5. The van der Waals surface area contributed by atoms with E-state index in [0.717, 1.165) is 38.2 Å². The number of benzene rings is 1. The SMILES string of the molecule is CCCCCCCC(Oc1ccc(/C=C/C(=O)O)cc1OCCCCC)[Si](Cl)(Cl)Cl. The molecule has 0 fully saturated rings. The van der Waals surface area contributed by atoms with Crippen LogP contribution < -0.4 is 9.47 Å². The Morgan fingerprint density at radius 1 is 1.03 bits per heavy atom. The lowest BCUT2D eigenvalue weighted by Crippen LogP contribution is -2.36. The van der Waals surface area contributed by atoms with E-state index in [0.29, 0.717) is 30.1 Å². The third-order valence-corrected chi connectivity index (χ3v) is 7.92. The van der Waals surface area contributed by atoms with Gasteiger partial charge in [0.05, 0.1) is 6.61 Å². The highest BCUT2D eigenvalue weighted by Crippen LogP contribution is 2.36. The molecule has 0 bridgehead atoms. The van der Waals surface area contributed by atoms with Gasteiger partial charge < -0.3 is 14.6 Å². The Kier molecular flexibility index (Phi) is 13.6. The maximum absolute atomic E-state index is 10.8. The molecule has 0 heterocycles. The molecule has 0 radical (unpaired) electrons. The maximum Gasteiger partial charge on any atom is 0.381 e. The molecule has 0 aliphatic carbocycles. The molecule has 30 heavy (non-hydrogen) atoms. The van der Waals surface area contributed by atoms with Gasteiger partial charge in [0.1, 0.15) is 5.73 Å². The van der Waals surface area contributed by atoms with Crippen molar-refractivity contribution in [2.24, 2.45) is 0 Å². The summed E-state index contributed by atoms with van der Waals surface area (Å²) in [6.45, 7) is 4.85. The van der Waals surface area contributed by atoms with E-state index in [4.69, 9.17) is 47.8 Å². The van der Waals surface area contributed by atoms with Crippen molar-refractivity contribution in [2.45, 2.75) is 77.4 Å². The lowest BCUT2D eigenvalue weighted by atomic mass is 10.1. The Morgan fingerprint density at radius 3 is 2.33 bits per heavy atom. The van der Waals surface area contributed by atoms with Gasteiger partial charge in [-0.05, 0) is 43.0 Å². The zero-order valence-electron chi connectivity index (χ0n) is 17.8. The van der Waals surface area contributed by atoms with E-state index < -0.39 is 17.7 Å². The Balaban J connectivity index is 2.95. The van der Waals surface area contributed by atoms with Crippen LogP contribution >= 0.6 is 33.2 Å². The third-order valence-electron chi connectivity index (χ3n) is 4.60. The molecule has 1 unspecified atom stereocenters. The van der Waals surface area contributed by atoms with Crippen molar-refractivity contribution in [3.05, 3.63) is 29.8 Å². The Morgan fingerprint density at radius 2 is 1.70 bits per heavy atom. The van der Waals surface area contributed by atoms with E-state index >= 15 is 0 Å². The molecule has 0 saturated heterocycles. The molecule has 0 amide bonds. The molecular formula is C22H33Cl3O4Si. The van der Waals surface area contributed by atoms with Crippen molar-refractivity contribution in [2.75, 3.05) is 6.61 Å². The van der Waals surface area contributed by atoms with Crippen LogP contribution in [-0.4, -0.2) is 29.4 Å². The maximum atomic E-state index is 10.8. The van der Waals surface area contributed by atoms with Gasteiger partial charge in [-0.2, -0.15) is 0 Å². The molecular weight excluding hydrogens is 463 g/mol. The zero-order valence-corrected chi connectivity index (χ0v) is 21.1. The Bertz CT molecular complexity index is 662. The predicted molar refractivity (Wildman–Crippen MR) is 129 cm³/mol. The van der Waals surface area contributed by atoms with Crippen molar-refractivity contribution in [1.29, 1.82) is 0 Å². The van der Waals surface area contributed by atoms with Gasteiger partial charge in [0.2, 0.25) is 0 Å². The summed E-state index contributed by atoms with van der Waals surface area (Å²) in [5.74, 6) is 0.0558. The van der Waals surface area contributed by atoms with Crippen LogP contribution in [0.5, 0.6) is 11.5 Å². The fourth-order valence-corrected chi connectivity index (χ4v) is 5.09. The number of hydrogen-bond acceptors (Lipinski definition) is 3. The first-order chi connectivity index (χ1) is 14.3. The van der Waals surface area contributed by atoms with Crippen LogP contribution in [-0.2, 0) is 4.79 Å². The van der Waals surface area contributed by atoms with Crippen LogP contribution in [0.4, 0.5) is 0 Å². The Labute approximate surface area is 195 Å². The van der Waals surface area contributed by atoms with Gasteiger partial charge in [0.25, 0.3) is 0 Å².